The van der Waals surface area contributed by atoms with Gasteiger partial charge in [0.1, 0.15) is 0 Å². The monoisotopic (exact) mass is 202 g/mol. The van der Waals surface area contributed by atoms with Crippen molar-refractivity contribution in [2.24, 2.45) is 0 Å². The summed E-state index contributed by atoms with van der Waals surface area (Å²) in [6.07, 6.45) is 0. The molecular weight excluding hydrogens is 191 g/mol. The number of rotatable bonds is 2. The molecular formula is C10H11NaO3. The van der Waals surface area contributed by atoms with Crippen LogP contribution in [0.25, 0.3) is 0 Å². The molecule has 3 nitrogen and oxygen atoms in total. The van der Waals surface area contributed by atoms with Crippen molar-refractivity contribution < 1.29 is 45.7 Å². The molecule has 1 aromatic rings. The van der Waals surface area contributed by atoms with Crippen molar-refractivity contribution in [1.29, 1.82) is 0 Å². The van der Waals surface area contributed by atoms with Gasteiger partial charge >= 0.3 is 35.5 Å². The van der Waals surface area contributed by atoms with E-state index in [1.54, 1.807) is 12.1 Å². The van der Waals surface area contributed by atoms with Gasteiger partial charge in [-0.15, -0.1) is 0 Å². The van der Waals surface area contributed by atoms with Crippen molar-refractivity contribution in [3.05, 3.63) is 34.9 Å². The third kappa shape index (κ3) is 2.94. The summed E-state index contributed by atoms with van der Waals surface area (Å²) >= 11 is 0. The van der Waals surface area contributed by atoms with Crippen LogP contribution in [0.15, 0.2) is 18.2 Å². The fraction of sp³-hybridized carbons (Fsp3) is 0.200. The Morgan fingerprint density at radius 3 is 2.21 bits per heavy atom. The van der Waals surface area contributed by atoms with Crippen LogP contribution in [0.2, 0.25) is 0 Å². The minimum Gasteiger partial charge on any atom is -1.00 e. The smallest absolute Gasteiger partial charge is 1.00 e. The Labute approximate surface area is 106 Å². The Bertz CT molecular complexity index is 377. The molecule has 0 heterocycles. The number of carbonyl (C=O) groups is 2. The minimum atomic E-state index is -1.41. The summed E-state index contributed by atoms with van der Waals surface area (Å²) in [6, 6.07) is 4.86. The van der Waals surface area contributed by atoms with E-state index in [9.17, 15) is 9.59 Å². The molecule has 0 amide bonds. The van der Waals surface area contributed by atoms with Crippen molar-refractivity contribution in [1.82, 2.24) is 0 Å². The van der Waals surface area contributed by atoms with Gasteiger partial charge < -0.3 is 6.53 Å². The van der Waals surface area contributed by atoms with Crippen LogP contribution in [0.3, 0.4) is 0 Å². The number of aliphatic carboxylic acids is 1. The topological polar surface area (TPSA) is 54.4 Å². The summed E-state index contributed by atoms with van der Waals surface area (Å²) in [7, 11) is 0. The number of benzene rings is 1. The minimum absolute atomic E-state index is 0. The van der Waals surface area contributed by atoms with Crippen LogP contribution in [0, 0.1) is 13.8 Å². The molecule has 0 bridgehead atoms. The Kier molecular flexibility index (Phi) is 5.05. The van der Waals surface area contributed by atoms with Crippen LogP contribution in [-0.4, -0.2) is 16.9 Å². The summed E-state index contributed by atoms with van der Waals surface area (Å²) in [5.41, 5.74) is 2.20. The summed E-state index contributed by atoms with van der Waals surface area (Å²) in [6.45, 7) is 3.75. The predicted octanol–water partition coefficient (Wildman–Crippen LogP) is -1.31. The molecule has 0 aliphatic rings. The van der Waals surface area contributed by atoms with Gasteiger partial charge in [-0.05, 0) is 31.0 Å². The van der Waals surface area contributed by atoms with Gasteiger partial charge in [-0.3, -0.25) is 4.79 Å². The van der Waals surface area contributed by atoms with Gasteiger partial charge in [0, 0.05) is 5.56 Å². The van der Waals surface area contributed by atoms with E-state index >= 15 is 0 Å². The Balaban J connectivity index is 0. The van der Waals surface area contributed by atoms with E-state index in [-0.39, 0.29) is 36.5 Å². The van der Waals surface area contributed by atoms with Gasteiger partial charge in [-0.25, -0.2) is 4.79 Å². The summed E-state index contributed by atoms with van der Waals surface area (Å²) in [5.74, 6) is -2.27. The summed E-state index contributed by atoms with van der Waals surface area (Å²) in [5, 5.41) is 8.45. The van der Waals surface area contributed by atoms with E-state index < -0.39 is 11.8 Å². The molecule has 70 valence electrons. The molecule has 0 aliphatic heterocycles. The third-order valence-electron chi connectivity index (χ3n) is 1.96. The average Bonchev–Trinajstić information content (AvgIpc) is 2.08. The molecule has 14 heavy (non-hydrogen) atoms. The van der Waals surface area contributed by atoms with Crippen molar-refractivity contribution in [3.63, 3.8) is 0 Å². The zero-order valence-corrected chi connectivity index (χ0v) is 10.5. The Morgan fingerprint density at radius 2 is 1.79 bits per heavy atom. The first-order valence-corrected chi connectivity index (χ1v) is 3.87. The fourth-order valence-corrected chi connectivity index (χ4v) is 1.01. The zero-order chi connectivity index (χ0) is 10.0. The molecule has 0 saturated carbocycles. The first kappa shape index (κ1) is 13.4. The molecule has 0 spiro atoms. The van der Waals surface area contributed by atoms with Gasteiger partial charge in [0.2, 0.25) is 0 Å². The second kappa shape index (κ2) is 5.29. The number of carboxylic acid groups (broad SMARTS) is 1. The van der Waals surface area contributed by atoms with Crippen LogP contribution in [0.4, 0.5) is 0 Å². The number of carboxylic acids is 1. The Hall–Kier alpha value is -0.640. The number of hydrogen-bond donors (Lipinski definition) is 1. The molecule has 1 rings (SSSR count). The quantitative estimate of drug-likeness (QED) is 0.368. The largest absolute Gasteiger partial charge is 1.00 e. The predicted molar refractivity (Wildman–Crippen MR) is 49.0 cm³/mol. The van der Waals surface area contributed by atoms with Crippen LogP contribution < -0.4 is 29.6 Å². The van der Waals surface area contributed by atoms with Gasteiger partial charge in [-0.2, -0.15) is 0 Å². The third-order valence-corrected chi connectivity index (χ3v) is 1.96. The number of hydrogen-bond acceptors (Lipinski definition) is 2. The van der Waals surface area contributed by atoms with E-state index in [0.717, 1.165) is 11.1 Å². The maximum absolute atomic E-state index is 11.0. The molecule has 1 aromatic carbocycles. The fourth-order valence-electron chi connectivity index (χ4n) is 1.01. The number of carbonyl (C=O) groups excluding carboxylic acids is 1. The first-order chi connectivity index (χ1) is 6.02. The number of aryl methyl sites for hydroxylation is 2. The van der Waals surface area contributed by atoms with E-state index in [4.69, 9.17) is 5.11 Å². The van der Waals surface area contributed by atoms with E-state index in [1.165, 1.54) is 6.07 Å². The van der Waals surface area contributed by atoms with Crippen LogP contribution in [0.1, 0.15) is 22.9 Å². The maximum atomic E-state index is 11.0. The molecule has 0 atom stereocenters. The molecule has 4 heteroatoms. The van der Waals surface area contributed by atoms with Gasteiger partial charge in [-0.1, -0.05) is 12.1 Å². The second-order valence-electron chi connectivity index (χ2n) is 2.93. The van der Waals surface area contributed by atoms with E-state index in [0.29, 0.717) is 0 Å². The van der Waals surface area contributed by atoms with Crippen molar-refractivity contribution in [2.45, 2.75) is 13.8 Å². The van der Waals surface area contributed by atoms with E-state index in [1.807, 2.05) is 13.8 Å². The Morgan fingerprint density at radius 1 is 1.21 bits per heavy atom. The molecule has 0 fully saturated rings. The number of ketones is 1. The molecule has 0 aliphatic carbocycles. The molecule has 0 unspecified atom stereocenters. The van der Waals surface area contributed by atoms with Gasteiger partial charge in [0.25, 0.3) is 5.78 Å². The molecule has 1 N–H and O–H groups in total. The average molecular weight is 202 g/mol. The first-order valence-electron chi connectivity index (χ1n) is 3.87. The maximum Gasteiger partial charge on any atom is 1.00 e. The van der Waals surface area contributed by atoms with Crippen molar-refractivity contribution >= 4 is 11.8 Å². The van der Waals surface area contributed by atoms with E-state index in [2.05, 4.69) is 0 Å². The van der Waals surface area contributed by atoms with Crippen LogP contribution in [-0.2, 0) is 4.79 Å². The summed E-state index contributed by atoms with van der Waals surface area (Å²) in [4.78, 5) is 21.4. The molecule has 0 radical (unpaired) electrons. The van der Waals surface area contributed by atoms with Crippen LogP contribution >= 0.6 is 0 Å². The van der Waals surface area contributed by atoms with Crippen molar-refractivity contribution in [2.75, 3.05) is 0 Å². The van der Waals surface area contributed by atoms with Gasteiger partial charge in [0.15, 0.2) is 0 Å². The standard InChI is InChI=1S/C10H10O3.Na.H/c1-6-3-4-8(5-7(6)2)9(11)10(12)13;;/h3-5H,1-2H3,(H,12,13);;/q;+1;-1. The van der Waals surface area contributed by atoms with Crippen molar-refractivity contribution in [3.8, 4) is 0 Å². The summed E-state index contributed by atoms with van der Waals surface area (Å²) < 4.78 is 0. The van der Waals surface area contributed by atoms with Crippen LogP contribution in [0.5, 0.6) is 0 Å². The van der Waals surface area contributed by atoms with Gasteiger partial charge in [0.05, 0.1) is 0 Å². The molecule has 0 aromatic heterocycles. The zero-order valence-electron chi connectivity index (χ0n) is 9.50. The normalized spacial score (nSPS) is 9.00. The second-order valence-corrected chi connectivity index (χ2v) is 2.93. The molecule has 0 saturated heterocycles. The SMILES string of the molecule is Cc1ccc(C(=O)C(=O)O)cc1C.[H-].[Na+]. The number of Topliss-reactive ketones (excluding diaryl/α,β-unsaturated/α-hetero) is 1.